The number of halogens is 1. The lowest BCUT2D eigenvalue weighted by Crippen LogP contribution is -2.07. The lowest BCUT2D eigenvalue weighted by atomic mass is 10.0. The van der Waals surface area contributed by atoms with Crippen LogP contribution in [-0.4, -0.2) is 19.2 Å². The van der Waals surface area contributed by atoms with Crippen LogP contribution in [0.4, 0.5) is 0 Å². The van der Waals surface area contributed by atoms with Crippen molar-refractivity contribution in [3.8, 4) is 16.9 Å². The summed E-state index contributed by atoms with van der Waals surface area (Å²) in [6, 6.07) is 24.4. The number of allylic oxidation sites excluding steroid dienone is 1. The topological polar surface area (TPSA) is 35.5 Å². The highest BCUT2D eigenvalue weighted by molar-refractivity contribution is 9.10. The van der Waals surface area contributed by atoms with Crippen LogP contribution >= 0.6 is 15.9 Å². The summed E-state index contributed by atoms with van der Waals surface area (Å²) in [5.74, 6) is 0.517. The van der Waals surface area contributed by atoms with E-state index in [2.05, 4.69) is 65.3 Å². The van der Waals surface area contributed by atoms with Gasteiger partial charge in [-0.2, -0.15) is 0 Å². The van der Waals surface area contributed by atoms with Crippen LogP contribution in [0.3, 0.4) is 0 Å². The van der Waals surface area contributed by atoms with E-state index >= 15 is 0 Å². The van der Waals surface area contributed by atoms with E-state index in [1.165, 1.54) is 11.1 Å². The number of carbonyl (C=O) groups is 1. The van der Waals surface area contributed by atoms with Gasteiger partial charge in [0.15, 0.2) is 0 Å². The summed E-state index contributed by atoms with van der Waals surface area (Å²) in [7, 11) is 0. The van der Waals surface area contributed by atoms with Crippen molar-refractivity contribution in [1.82, 2.24) is 0 Å². The van der Waals surface area contributed by atoms with E-state index in [1.54, 1.807) is 6.92 Å². The van der Waals surface area contributed by atoms with Gasteiger partial charge in [0.1, 0.15) is 12.4 Å². The molecule has 0 saturated carbocycles. The van der Waals surface area contributed by atoms with Gasteiger partial charge >= 0.3 is 5.97 Å². The largest absolute Gasteiger partial charge is 0.490 e. The van der Waals surface area contributed by atoms with Crippen molar-refractivity contribution in [2.24, 2.45) is 0 Å². The smallest absolute Gasteiger partial charge is 0.310 e. The van der Waals surface area contributed by atoms with Gasteiger partial charge in [-0.05, 0) is 72.0 Å². The monoisotopic (exact) mass is 464 g/mol. The normalized spacial score (nSPS) is 11.2. The van der Waals surface area contributed by atoms with Crippen molar-refractivity contribution in [2.75, 3.05) is 13.2 Å². The average molecular weight is 465 g/mol. The van der Waals surface area contributed by atoms with Gasteiger partial charge in [0.2, 0.25) is 0 Å². The second-order valence-electron chi connectivity index (χ2n) is 6.91. The van der Waals surface area contributed by atoms with Crippen LogP contribution in [0.15, 0.2) is 83.3 Å². The predicted octanol–water partition coefficient (Wildman–Crippen LogP) is 6.70. The molecule has 4 heteroatoms. The molecule has 0 N–H and O–H groups in total. The summed E-state index contributed by atoms with van der Waals surface area (Å²) >= 11 is 3.47. The maximum absolute atomic E-state index is 11.6. The molecule has 0 spiro atoms. The minimum absolute atomic E-state index is 0.225. The first-order valence-corrected chi connectivity index (χ1v) is 10.7. The first-order valence-electron chi connectivity index (χ1n) is 9.95. The second-order valence-corrected chi connectivity index (χ2v) is 7.83. The summed E-state index contributed by atoms with van der Waals surface area (Å²) in [5, 5.41) is 0. The molecular formula is C26H25BrO3. The Balaban J connectivity index is 1.59. The highest BCUT2D eigenvalue weighted by atomic mass is 79.9. The van der Waals surface area contributed by atoms with Crippen molar-refractivity contribution < 1.29 is 14.3 Å². The fourth-order valence-corrected chi connectivity index (χ4v) is 3.34. The van der Waals surface area contributed by atoms with Gasteiger partial charge in [-0.1, -0.05) is 64.5 Å². The Morgan fingerprint density at radius 1 is 0.967 bits per heavy atom. The van der Waals surface area contributed by atoms with E-state index in [0.717, 1.165) is 26.9 Å². The molecule has 0 unspecified atom stereocenters. The van der Waals surface area contributed by atoms with Crippen molar-refractivity contribution in [3.05, 3.63) is 94.5 Å². The van der Waals surface area contributed by atoms with Gasteiger partial charge in [-0.25, -0.2) is 0 Å². The molecule has 0 radical (unpaired) electrons. The predicted molar refractivity (Wildman–Crippen MR) is 126 cm³/mol. The van der Waals surface area contributed by atoms with Crippen molar-refractivity contribution in [3.63, 3.8) is 0 Å². The van der Waals surface area contributed by atoms with Gasteiger partial charge in [-0.15, -0.1) is 0 Å². The van der Waals surface area contributed by atoms with Crippen LogP contribution in [0.2, 0.25) is 0 Å². The number of hydrogen-bond donors (Lipinski definition) is 0. The van der Waals surface area contributed by atoms with Gasteiger partial charge in [0.05, 0.1) is 13.0 Å². The lowest BCUT2D eigenvalue weighted by molar-refractivity contribution is -0.142. The van der Waals surface area contributed by atoms with Crippen LogP contribution in [0.1, 0.15) is 25.0 Å². The summed E-state index contributed by atoms with van der Waals surface area (Å²) in [5.41, 5.74) is 5.58. The van der Waals surface area contributed by atoms with E-state index in [9.17, 15) is 4.79 Å². The Kier molecular flexibility index (Phi) is 7.86. The zero-order chi connectivity index (χ0) is 21.3. The van der Waals surface area contributed by atoms with Gasteiger partial charge in [0, 0.05) is 4.47 Å². The fourth-order valence-electron chi connectivity index (χ4n) is 3.07. The molecule has 0 aliphatic carbocycles. The maximum Gasteiger partial charge on any atom is 0.310 e. The minimum Gasteiger partial charge on any atom is -0.490 e. The zero-order valence-corrected chi connectivity index (χ0v) is 18.8. The number of carbonyl (C=O) groups excluding carboxylic acids is 1. The van der Waals surface area contributed by atoms with E-state index in [1.807, 2.05) is 36.4 Å². The third-order valence-corrected chi connectivity index (χ3v) is 5.24. The Labute approximate surface area is 186 Å². The first kappa shape index (κ1) is 21.8. The molecule has 154 valence electrons. The molecule has 3 aromatic rings. The Morgan fingerprint density at radius 2 is 1.63 bits per heavy atom. The number of hydrogen-bond acceptors (Lipinski definition) is 3. The Hall–Kier alpha value is -2.85. The Bertz CT molecular complexity index is 1010. The molecule has 3 aromatic carbocycles. The zero-order valence-electron chi connectivity index (χ0n) is 17.2. The third kappa shape index (κ3) is 6.33. The molecule has 3 rings (SSSR count). The van der Waals surface area contributed by atoms with E-state index < -0.39 is 0 Å². The number of ether oxygens (including phenoxy) is 2. The molecule has 0 aliphatic rings. The quantitative estimate of drug-likeness (QED) is 0.347. The molecule has 0 atom stereocenters. The van der Waals surface area contributed by atoms with Crippen LogP contribution in [0.25, 0.3) is 16.7 Å². The molecule has 0 aromatic heterocycles. The van der Waals surface area contributed by atoms with Crippen LogP contribution in [0, 0.1) is 0 Å². The van der Waals surface area contributed by atoms with Crippen molar-refractivity contribution in [1.29, 1.82) is 0 Å². The van der Waals surface area contributed by atoms with Crippen LogP contribution in [-0.2, 0) is 16.0 Å². The summed E-state index contributed by atoms with van der Waals surface area (Å²) < 4.78 is 11.9. The first-order chi connectivity index (χ1) is 14.5. The van der Waals surface area contributed by atoms with Crippen molar-refractivity contribution in [2.45, 2.75) is 20.3 Å². The Morgan fingerprint density at radius 3 is 2.30 bits per heavy atom. The molecule has 0 bridgehead atoms. The highest BCUT2D eigenvalue weighted by Crippen LogP contribution is 2.24. The molecule has 30 heavy (non-hydrogen) atoms. The van der Waals surface area contributed by atoms with Crippen LogP contribution in [0.5, 0.6) is 5.75 Å². The van der Waals surface area contributed by atoms with Gasteiger partial charge < -0.3 is 9.47 Å². The fraction of sp³-hybridized carbons (Fsp3) is 0.192. The van der Waals surface area contributed by atoms with E-state index in [-0.39, 0.29) is 12.4 Å². The number of rotatable bonds is 8. The summed E-state index contributed by atoms with van der Waals surface area (Å²) in [6.07, 6.45) is 2.32. The maximum atomic E-state index is 11.6. The van der Waals surface area contributed by atoms with Crippen molar-refractivity contribution >= 4 is 27.5 Å². The molecular weight excluding hydrogens is 440 g/mol. The highest BCUT2D eigenvalue weighted by Gasteiger charge is 2.05. The summed E-state index contributed by atoms with van der Waals surface area (Å²) in [6.45, 7) is 4.74. The SMILES string of the molecule is CCOC(=O)Cc1cccc(OC/C=C(\C)c2ccc(-c3ccc(Br)cc3)cc2)c1. The van der Waals surface area contributed by atoms with Crippen LogP contribution < -0.4 is 4.74 Å². The molecule has 3 nitrogen and oxygen atoms in total. The molecule has 0 aliphatic heterocycles. The van der Waals surface area contributed by atoms with E-state index in [0.29, 0.717) is 13.2 Å². The summed E-state index contributed by atoms with van der Waals surface area (Å²) in [4.78, 5) is 11.6. The lowest BCUT2D eigenvalue weighted by Gasteiger charge is -2.08. The average Bonchev–Trinajstić information content (AvgIpc) is 2.75. The molecule has 0 heterocycles. The molecule has 0 saturated heterocycles. The van der Waals surface area contributed by atoms with Gasteiger partial charge in [-0.3, -0.25) is 4.79 Å². The molecule has 0 amide bonds. The second kappa shape index (κ2) is 10.8. The minimum atomic E-state index is -0.225. The number of esters is 1. The van der Waals surface area contributed by atoms with E-state index in [4.69, 9.17) is 9.47 Å². The number of benzene rings is 3. The molecule has 0 fully saturated rings. The third-order valence-electron chi connectivity index (χ3n) is 4.71. The van der Waals surface area contributed by atoms with Gasteiger partial charge in [0.25, 0.3) is 0 Å². The standard InChI is InChI=1S/C26H25BrO3/c1-3-29-26(28)18-20-5-4-6-25(17-20)30-16-15-19(2)21-7-9-22(10-8-21)23-11-13-24(27)14-12-23/h4-15,17H,3,16,18H2,1-2H3/b19-15+.